The van der Waals surface area contributed by atoms with Crippen LogP contribution in [0.25, 0.3) is 10.8 Å². The molecule has 2 rings (SSSR count). The third-order valence-corrected chi connectivity index (χ3v) is 2.35. The Hall–Kier alpha value is -1.74. The summed E-state index contributed by atoms with van der Waals surface area (Å²) in [4.78, 5) is 10.8. The van der Waals surface area contributed by atoms with Crippen LogP contribution in [0.15, 0.2) is 30.3 Å². The van der Waals surface area contributed by atoms with Gasteiger partial charge in [-0.3, -0.25) is 4.79 Å². The number of halogens is 1. The van der Waals surface area contributed by atoms with Gasteiger partial charge in [-0.05, 0) is 30.0 Å². The Labute approximate surface area is 87.3 Å². The van der Waals surface area contributed by atoms with Crippen LogP contribution < -0.4 is 6.15 Å². The first kappa shape index (κ1) is 11.3. The van der Waals surface area contributed by atoms with Gasteiger partial charge in [0.05, 0.1) is 0 Å². The predicted molar refractivity (Wildman–Crippen MR) is 59.1 cm³/mol. The lowest BCUT2D eigenvalue weighted by atomic mass is 10.0. The van der Waals surface area contributed by atoms with Crippen LogP contribution in [0.3, 0.4) is 0 Å². The Morgan fingerprint density at radius 2 is 1.93 bits per heavy atom. The molecule has 0 amide bonds. The van der Waals surface area contributed by atoms with Crippen LogP contribution in [0, 0.1) is 12.7 Å². The molecule has 0 bridgehead atoms. The Balaban J connectivity index is 0.00000112. The summed E-state index contributed by atoms with van der Waals surface area (Å²) in [6, 6.07) is 8.18. The highest BCUT2D eigenvalue weighted by molar-refractivity contribution is 6.00. The lowest BCUT2D eigenvalue weighted by molar-refractivity contribution is 0.112. The summed E-state index contributed by atoms with van der Waals surface area (Å²) in [7, 11) is 0. The molecule has 2 nitrogen and oxygen atoms in total. The molecule has 2 aromatic carbocycles. The molecule has 15 heavy (non-hydrogen) atoms. The number of rotatable bonds is 1. The number of benzene rings is 2. The van der Waals surface area contributed by atoms with E-state index in [4.69, 9.17) is 0 Å². The number of fused-ring (bicyclic) bond motifs is 1. The first-order valence-corrected chi connectivity index (χ1v) is 4.37. The molecule has 0 heterocycles. The molecule has 2 aromatic rings. The predicted octanol–water partition coefficient (Wildman–Crippen LogP) is 3.26. The number of hydrogen-bond acceptors (Lipinski definition) is 2. The third kappa shape index (κ3) is 1.74. The summed E-state index contributed by atoms with van der Waals surface area (Å²) in [5, 5.41) is 1.22. The van der Waals surface area contributed by atoms with Crippen LogP contribution in [-0.4, -0.2) is 6.29 Å². The highest BCUT2D eigenvalue weighted by Gasteiger charge is 2.06. The van der Waals surface area contributed by atoms with Crippen molar-refractivity contribution in [3.05, 3.63) is 47.3 Å². The summed E-state index contributed by atoms with van der Waals surface area (Å²) in [6.07, 6.45) is 0.759. The minimum Gasteiger partial charge on any atom is -0.344 e. The smallest absolute Gasteiger partial charge is 0.150 e. The van der Waals surface area contributed by atoms with E-state index in [1.807, 2.05) is 13.0 Å². The number of aryl methyl sites for hydroxylation is 1. The SMILES string of the molecule is Cc1cccc2c(F)ccc(C=O)c12.N. The Morgan fingerprint density at radius 1 is 1.20 bits per heavy atom. The maximum atomic E-state index is 13.4. The fourth-order valence-corrected chi connectivity index (χ4v) is 1.68. The molecule has 3 N–H and O–H groups in total. The normalized spacial score (nSPS) is 9.73. The lowest BCUT2D eigenvalue weighted by Crippen LogP contribution is -1.89. The Kier molecular flexibility index (Phi) is 3.17. The van der Waals surface area contributed by atoms with Crippen molar-refractivity contribution in [2.75, 3.05) is 0 Å². The molecule has 0 unspecified atom stereocenters. The quantitative estimate of drug-likeness (QED) is 0.726. The number of carbonyl (C=O) groups excluding carboxylic acids is 1. The van der Waals surface area contributed by atoms with Gasteiger partial charge in [-0.25, -0.2) is 4.39 Å². The maximum absolute atomic E-state index is 13.4. The first-order valence-electron chi connectivity index (χ1n) is 4.37. The molecule has 78 valence electrons. The van der Waals surface area contributed by atoms with Crippen LogP contribution >= 0.6 is 0 Å². The molecule has 0 atom stereocenters. The average molecular weight is 205 g/mol. The lowest BCUT2D eigenvalue weighted by Gasteiger charge is -2.05. The van der Waals surface area contributed by atoms with Gasteiger partial charge in [0.25, 0.3) is 0 Å². The zero-order valence-electron chi connectivity index (χ0n) is 8.46. The van der Waals surface area contributed by atoms with Gasteiger partial charge in [0.1, 0.15) is 5.82 Å². The molecule has 0 radical (unpaired) electrons. The van der Waals surface area contributed by atoms with Crippen molar-refractivity contribution in [2.45, 2.75) is 6.92 Å². The van der Waals surface area contributed by atoms with Crippen LogP contribution in [0.2, 0.25) is 0 Å². The molecule has 0 aliphatic heterocycles. The van der Waals surface area contributed by atoms with Gasteiger partial charge >= 0.3 is 0 Å². The van der Waals surface area contributed by atoms with Crippen LogP contribution in [-0.2, 0) is 0 Å². The van der Waals surface area contributed by atoms with Gasteiger partial charge in [0.2, 0.25) is 0 Å². The van der Waals surface area contributed by atoms with E-state index in [0.29, 0.717) is 16.3 Å². The summed E-state index contributed by atoms with van der Waals surface area (Å²) >= 11 is 0. The number of hydrogen-bond donors (Lipinski definition) is 1. The molecule has 3 heteroatoms. The van der Waals surface area contributed by atoms with E-state index in [-0.39, 0.29) is 12.0 Å². The van der Waals surface area contributed by atoms with Gasteiger partial charge in [0.15, 0.2) is 6.29 Å². The van der Waals surface area contributed by atoms with Crippen molar-refractivity contribution in [3.8, 4) is 0 Å². The molecule has 0 aliphatic carbocycles. The van der Waals surface area contributed by atoms with Crippen molar-refractivity contribution in [3.63, 3.8) is 0 Å². The maximum Gasteiger partial charge on any atom is 0.150 e. The second-order valence-corrected chi connectivity index (χ2v) is 3.25. The van der Waals surface area contributed by atoms with Crippen LogP contribution in [0.1, 0.15) is 15.9 Å². The highest BCUT2D eigenvalue weighted by atomic mass is 19.1. The average Bonchev–Trinajstić information content (AvgIpc) is 2.20. The monoisotopic (exact) mass is 205 g/mol. The van der Waals surface area contributed by atoms with E-state index in [1.165, 1.54) is 12.1 Å². The van der Waals surface area contributed by atoms with Gasteiger partial charge in [-0.1, -0.05) is 18.2 Å². The molecule has 0 spiro atoms. The van der Waals surface area contributed by atoms with E-state index < -0.39 is 0 Å². The summed E-state index contributed by atoms with van der Waals surface area (Å²) < 4.78 is 13.4. The second-order valence-electron chi connectivity index (χ2n) is 3.25. The van der Waals surface area contributed by atoms with Crippen molar-refractivity contribution in [2.24, 2.45) is 0 Å². The summed E-state index contributed by atoms with van der Waals surface area (Å²) in [5.41, 5.74) is 1.46. The van der Waals surface area contributed by atoms with E-state index in [0.717, 1.165) is 11.8 Å². The topological polar surface area (TPSA) is 52.1 Å². The summed E-state index contributed by atoms with van der Waals surface area (Å²) in [5.74, 6) is -0.283. The molecule has 0 aliphatic rings. The van der Waals surface area contributed by atoms with Gasteiger partial charge in [-0.15, -0.1) is 0 Å². The zero-order valence-corrected chi connectivity index (χ0v) is 8.46. The highest BCUT2D eigenvalue weighted by Crippen LogP contribution is 2.23. The Morgan fingerprint density at radius 3 is 2.60 bits per heavy atom. The minimum absolute atomic E-state index is 0. The number of aldehydes is 1. The van der Waals surface area contributed by atoms with Crippen molar-refractivity contribution >= 4 is 17.1 Å². The van der Waals surface area contributed by atoms with E-state index in [2.05, 4.69) is 0 Å². The molecular weight excluding hydrogens is 193 g/mol. The molecule has 0 saturated carbocycles. The van der Waals surface area contributed by atoms with Crippen molar-refractivity contribution in [1.29, 1.82) is 0 Å². The van der Waals surface area contributed by atoms with Crippen LogP contribution in [0.4, 0.5) is 4.39 Å². The molecule has 0 saturated heterocycles. The minimum atomic E-state index is -0.283. The van der Waals surface area contributed by atoms with Gasteiger partial charge in [0, 0.05) is 10.9 Å². The fraction of sp³-hybridized carbons (Fsp3) is 0.0833. The zero-order chi connectivity index (χ0) is 10.1. The van der Waals surface area contributed by atoms with E-state index in [9.17, 15) is 9.18 Å². The number of carbonyl (C=O) groups is 1. The van der Waals surface area contributed by atoms with Gasteiger partial charge < -0.3 is 6.15 Å². The van der Waals surface area contributed by atoms with Gasteiger partial charge in [-0.2, -0.15) is 0 Å². The largest absolute Gasteiger partial charge is 0.344 e. The fourth-order valence-electron chi connectivity index (χ4n) is 1.68. The molecular formula is C12H12FNO. The second kappa shape index (κ2) is 4.19. The third-order valence-electron chi connectivity index (χ3n) is 2.35. The van der Waals surface area contributed by atoms with Crippen LogP contribution in [0.5, 0.6) is 0 Å². The van der Waals surface area contributed by atoms with Crippen molar-refractivity contribution < 1.29 is 9.18 Å². The standard InChI is InChI=1S/C12H9FO.H3N/c1-8-3-2-4-10-11(13)6-5-9(7-14)12(8)10;/h2-7H,1H3;1H3. The van der Waals surface area contributed by atoms with E-state index >= 15 is 0 Å². The Bertz CT molecular complexity index is 508. The summed E-state index contributed by atoms with van der Waals surface area (Å²) in [6.45, 7) is 1.87. The molecule has 0 aromatic heterocycles. The van der Waals surface area contributed by atoms with Crippen molar-refractivity contribution in [1.82, 2.24) is 6.15 Å². The van der Waals surface area contributed by atoms with E-state index in [1.54, 1.807) is 12.1 Å². The molecule has 0 fully saturated rings. The first-order chi connectivity index (χ1) is 6.74.